The number of pyridine rings is 1. The fraction of sp³-hybridized carbons (Fsp3) is 0.462. The zero-order valence-corrected chi connectivity index (χ0v) is 10.4. The smallest absolute Gasteiger partial charge is 0.303 e. The molecule has 0 atom stereocenters. The minimum Gasteiger partial charge on any atom is -0.545 e. The van der Waals surface area contributed by atoms with Crippen LogP contribution in [0.5, 0.6) is 0 Å². The number of carboxylic acid groups (broad SMARTS) is 2. The molecule has 0 saturated carbocycles. The molecule has 0 fully saturated rings. The van der Waals surface area contributed by atoms with Crippen molar-refractivity contribution >= 4 is 11.9 Å². The van der Waals surface area contributed by atoms with Crippen molar-refractivity contribution in [1.29, 1.82) is 0 Å². The zero-order chi connectivity index (χ0) is 13.5. The SMILES string of the molecule is Cc1ccc(C(=O)[O-])c[n+]1CCCCCC(=O)O. The predicted octanol–water partition coefficient (Wildman–Crippen LogP) is 0.291. The molecule has 5 heteroatoms. The second-order valence-corrected chi connectivity index (χ2v) is 4.24. The van der Waals surface area contributed by atoms with E-state index in [0.717, 1.165) is 18.5 Å². The third-order valence-electron chi connectivity index (χ3n) is 2.78. The van der Waals surface area contributed by atoms with Crippen LogP contribution in [0.3, 0.4) is 0 Å². The van der Waals surface area contributed by atoms with Crippen LogP contribution in [-0.2, 0) is 11.3 Å². The van der Waals surface area contributed by atoms with Gasteiger partial charge in [-0.05, 0) is 18.9 Å². The van der Waals surface area contributed by atoms with Crippen molar-refractivity contribution in [3.8, 4) is 0 Å². The van der Waals surface area contributed by atoms with E-state index in [4.69, 9.17) is 5.11 Å². The first-order chi connectivity index (χ1) is 8.50. The fourth-order valence-electron chi connectivity index (χ4n) is 1.72. The number of aromatic carboxylic acids is 1. The lowest BCUT2D eigenvalue weighted by Crippen LogP contribution is -2.39. The molecule has 0 unspecified atom stereocenters. The number of rotatable bonds is 7. The van der Waals surface area contributed by atoms with Crippen LogP contribution in [0.4, 0.5) is 0 Å². The van der Waals surface area contributed by atoms with Crippen molar-refractivity contribution in [3.63, 3.8) is 0 Å². The maximum Gasteiger partial charge on any atom is 0.303 e. The molecule has 1 aromatic heterocycles. The van der Waals surface area contributed by atoms with Crippen molar-refractivity contribution in [3.05, 3.63) is 29.6 Å². The van der Waals surface area contributed by atoms with Gasteiger partial charge in [0.1, 0.15) is 6.54 Å². The van der Waals surface area contributed by atoms with Crippen LogP contribution in [0.1, 0.15) is 41.7 Å². The number of aryl methyl sites for hydroxylation is 2. The lowest BCUT2D eigenvalue weighted by molar-refractivity contribution is -0.703. The van der Waals surface area contributed by atoms with Crippen molar-refractivity contribution < 1.29 is 24.4 Å². The minimum atomic E-state index is -1.19. The topological polar surface area (TPSA) is 81.3 Å². The highest BCUT2D eigenvalue weighted by Gasteiger charge is 2.08. The van der Waals surface area contributed by atoms with Gasteiger partial charge in [-0.1, -0.05) is 0 Å². The third-order valence-corrected chi connectivity index (χ3v) is 2.78. The Bertz CT molecular complexity index is 443. The molecular formula is C13H17NO4. The number of unbranched alkanes of at least 4 members (excludes halogenated alkanes) is 2. The van der Waals surface area contributed by atoms with E-state index < -0.39 is 11.9 Å². The van der Waals surface area contributed by atoms with E-state index in [1.165, 1.54) is 6.07 Å². The highest BCUT2D eigenvalue weighted by molar-refractivity contribution is 5.84. The number of carboxylic acids is 2. The minimum absolute atomic E-state index is 0.158. The molecular weight excluding hydrogens is 234 g/mol. The van der Waals surface area contributed by atoms with E-state index in [0.29, 0.717) is 13.0 Å². The van der Waals surface area contributed by atoms with Crippen LogP contribution in [0.15, 0.2) is 18.3 Å². The lowest BCUT2D eigenvalue weighted by atomic mass is 10.2. The second-order valence-electron chi connectivity index (χ2n) is 4.24. The van der Waals surface area contributed by atoms with Crippen molar-refractivity contribution in [2.45, 2.75) is 39.2 Å². The average Bonchev–Trinajstić information content (AvgIpc) is 2.30. The Kier molecular flexibility index (Phi) is 5.30. The number of carbonyl (C=O) groups excluding carboxylic acids is 1. The van der Waals surface area contributed by atoms with Gasteiger partial charge in [0.15, 0.2) is 11.9 Å². The summed E-state index contributed by atoms with van der Waals surface area (Å²) in [5.74, 6) is -1.97. The molecule has 1 rings (SSSR count). The summed E-state index contributed by atoms with van der Waals surface area (Å²) in [6.07, 6.45) is 4.03. The molecule has 1 heterocycles. The summed E-state index contributed by atoms with van der Waals surface area (Å²) < 4.78 is 1.85. The van der Waals surface area contributed by atoms with Crippen LogP contribution < -0.4 is 9.67 Å². The molecule has 0 bridgehead atoms. The summed E-state index contributed by atoms with van der Waals surface area (Å²) in [6.45, 7) is 2.59. The Morgan fingerprint density at radius 1 is 1.28 bits per heavy atom. The van der Waals surface area contributed by atoms with Gasteiger partial charge in [0.25, 0.3) is 0 Å². The van der Waals surface area contributed by atoms with E-state index in [9.17, 15) is 14.7 Å². The molecule has 98 valence electrons. The number of hydrogen-bond acceptors (Lipinski definition) is 3. The van der Waals surface area contributed by atoms with Gasteiger partial charge in [0.05, 0.1) is 11.5 Å². The van der Waals surface area contributed by atoms with E-state index in [2.05, 4.69) is 0 Å². The fourth-order valence-corrected chi connectivity index (χ4v) is 1.72. The van der Waals surface area contributed by atoms with Gasteiger partial charge in [0, 0.05) is 25.8 Å². The zero-order valence-electron chi connectivity index (χ0n) is 10.4. The van der Waals surface area contributed by atoms with Crippen LogP contribution in [0, 0.1) is 6.92 Å². The number of carbonyl (C=O) groups is 2. The summed E-state index contributed by atoms with van der Waals surface area (Å²) in [7, 11) is 0. The first kappa shape index (κ1) is 14.2. The molecule has 0 saturated heterocycles. The standard InChI is InChI=1S/C13H17NO4/c1-10-6-7-11(13(17)18)9-14(10)8-4-2-3-5-12(15)16/h6-7,9H,2-5,8H2,1H3,(H-,15,16,17,18). The van der Waals surface area contributed by atoms with Crippen molar-refractivity contribution in [1.82, 2.24) is 0 Å². The largest absolute Gasteiger partial charge is 0.545 e. The molecule has 0 aliphatic carbocycles. The van der Waals surface area contributed by atoms with Crippen molar-refractivity contribution in [2.24, 2.45) is 0 Å². The second kappa shape index (κ2) is 6.74. The van der Waals surface area contributed by atoms with Crippen molar-refractivity contribution in [2.75, 3.05) is 0 Å². The number of nitrogens with zero attached hydrogens (tertiary/aromatic N) is 1. The summed E-state index contributed by atoms with van der Waals surface area (Å²) in [4.78, 5) is 21.1. The maximum absolute atomic E-state index is 10.7. The maximum atomic E-state index is 10.7. The Morgan fingerprint density at radius 3 is 2.61 bits per heavy atom. The first-order valence-corrected chi connectivity index (χ1v) is 5.94. The summed E-state index contributed by atoms with van der Waals surface area (Å²) in [6, 6.07) is 3.26. The Balaban J connectivity index is 2.48. The summed E-state index contributed by atoms with van der Waals surface area (Å²) >= 11 is 0. The van der Waals surface area contributed by atoms with Gasteiger partial charge in [-0.25, -0.2) is 4.57 Å². The number of aromatic nitrogens is 1. The normalized spacial score (nSPS) is 10.3. The highest BCUT2D eigenvalue weighted by Crippen LogP contribution is 2.02. The van der Waals surface area contributed by atoms with Gasteiger partial charge >= 0.3 is 5.97 Å². The van der Waals surface area contributed by atoms with E-state index in [1.807, 2.05) is 11.5 Å². The third kappa shape index (κ3) is 4.53. The number of hydrogen-bond donors (Lipinski definition) is 1. The summed E-state index contributed by atoms with van der Waals surface area (Å²) in [5.41, 5.74) is 1.13. The molecule has 0 spiro atoms. The van der Waals surface area contributed by atoms with Crippen LogP contribution >= 0.6 is 0 Å². The molecule has 18 heavy (non-hydrogen) atoms. The van der Waals surface area contributed by atoms with Crippen LogP contribution in [0.2, 0.25) is 0 Å². The van der Waals surface area contributed by atoms with Gasteiger partial charge in [0.2, 0.25) is 0 Å². The molecule has 0 amide bonds. The monoisotopic (exact) mass is 251 g/mol. The van der Waals surface area contributed by atoms with Gasteiger partial charge in [-0.3, -0.25) is 4.79 Å². The molecule has 1 aromatic rings. The van der Waals surface area contributed by atoms with Gasteiger partial charge < -0.3 is 15.0 Å². The molecule has 0 aromatic carbocycles. The molecule has 5 nitrogen and oxygen atoms in total. The summed E-state index contributed by atoms with van der Waals surface area (Å²) in [5, 5.41) is 19.2. The lowest BCUT2D eigenvalue weighted by Gasteiger charge is -2.04. The number of aliphatic carboxylic acids is 1. The van der Waals surface area contributed by atoms with Gasteiger partial charge in [-0.2, -0.15) is 0 Å². The molecule has 0 aliphatic rings. The van der Waals surface area contributed by atoms with E-state index in [1.54, 1.807) is 12.3 Å². The molecule has 0 radical (unpaired) electrons. The first-order valence-electron chi connectivity index (χ1n) is 5.94. The quantitative estimate of drug-likeness (QED) is 0.558. The van der Waals surface area contributed by atoms with Crippen LogP contribution in [-0.4, -0.2) is 17.0 Å². The molecule has 1 N–H and O–H groups in total. The Hall–Kier alpha value is -1.91. The molecule has 0 aliphatic heterocycles. The Labute approximate surface area is 106 Å². The van der Waals surface area contributed by atoms with Gasteiger partial charge in [-0.15, -0.1) is 0 Å². The van der Waals surface area contributed by atoms with Crippen LogP contribution in [0.25, 0.3) is 0 Å². The highest BCUT2D eigenvalue weighted by atomic mass is 16.4. The van der Waals surface area contributed by atoms with E-state index >= 15 is 0 Å². The Morgan fingerprint density at radius 2 is 2.00 bits per heavy atom. The van der Waals surface area contributed by atoms with E-state index in [-0.39, 0.29) is 12.0 Å². The predicted molar refractivity (Wildman–Crippen MR) is 61.8 cm³/mol. The average molecular weight is 251 g/mol.